The first-order valence-electron chi connectivity index (χ1n) is 5.52. The number of H-pyrrole nitrogens is 1. The SMILES string of the molecule is CC(C)CC(=O)Nc1ccc2cc[nH]c2c1. The summed E-state index contributed by atoms with van der Waals surface area (Å²) in [6.45, 7) is 4.07. The van der Waals surface area contributed by atoms with E-state index in [1.165, 1.54) is 0 Å². The molecular weight excluding hydrogens is 200 g/mol. The van der Waals surface area contributed by atoms with E-state index in [4.69, 9.17) is 0 Å². The highest BCUT2D eigenvalue weighted by Gasteiger charge is 2.05. The van der Waals surface area contributed by atoms with Crippen LogP contribution in [0.4, 0.5) is 5.69 Å². The molecule has 0 aliphatic heterocycles. The van der Waals surface area contributed by atoms with Crippen LogP contribution >= 0.6 is 0 Å². The first kappa shape index (κ1) is 10.7. The first-order valence-corrected chi connectivity index (χ1v) is 5.52. The number of anilines is 1. The monoisotopic (exact) mass is 216 g/mol. The molecule has 0 spiro atoms. The molecule has 0 unspecified atom stereocenters. The van der Waals surface area contributed by atoms with E-state index in [1.54, 1.807) is 0 Å². The lowest BCUT2D eigenvalue weighted by Crippen LogP contribution is -2.13. The standard InChI is InChI=1S/C13H16N2O/c1-9(2)7-13(16)15-11-4-3-10-5-6-14-12(10)8-11/h3-6,8-9,14H,7H2,1-2H3,(H,15,16). The average Bonchev–Trinajstić information content (AvgIpc) is 2.63. The highest BCUT2D eigenvalue weighted by Crippen LogP contribution is 2.18. The number of rotatable bonds is 3. The van der Waals surface area contributed by atoms with Gasteiger partial charge in [-0.25, -0.2) is 0 Å². The molecule has 16 heavy (non-hydrogen) atoms. The maximum Gasteiger partial charge on any atom is 0.224 e. The number of aromatic amines is 1. The van der Waals surface area contributed by atoms with Crippen LogP contribution in [-0.2, 0) is 4.79 Å². The van der Waals surface area contributed by atoms with Crippen LogP contribution in [0.1, 0.15) is 20.3 Å². The number of aromatic nitrogens is 1. The normalized spacial score (nSPS) is 10.9. The molecule has 84 valence electrons. The summed E-state index contributed by atoms with van der Waals surface area (Å²) in [6, 6.07) is 7.88. The van der Waals surface area contributed by atoms with E-state index in [0.717, 1.165) is 16.6 Å². The quantitative estimate of drug-likeness (QED) is 0.813. The van der Waals surface area contributed by atoms with Gasteiger partial charge in [-0.05, 0) is 29.5 Å². The Labute approximate surface area is 94.9 Å². The molecule has 1 heterocycles. The van der Waals surface area contributed by atoms with Crippen molar-refractivity contribution in [3.05, 3.63) is 30.5 Å². The Morgan fingerprint density at radius 2 is 2.19 bits per heavy atom. The van der Waals surface area contributed by atoms with Gasteiger partial charge in [0.05, 0.1) is 0 Å². The molecule has 1 aromatic heterocycles. The smallest absolute Gasteiger partial charge is 0.224 e. The maximum atomic E-state index is 11.6. The van der Waals surface area contributed by atoms with E-state index in [1.807, 2.05) is 44.3 Å². The van der Waals surface area contributed by atoms with E-state index in [0.29, 0.717) is 12.3 Å². The first-order chi connectivity index (χ1) is 7.65. The largest absolute Gasteiger partial charge is 0.361 e. The van der Waals surface area contributed by atoms with Crippen LogP contribution in [0.2, 0.25) is 0 Å². The van der Waals surface area contributed by atoms with Gasteiger partial charge in [0.25, 0.3) is 0 Å². The van der Waals surface area contributed by atoms with Crippen molar-refractivity contribution >= 4 is 22.5 Å². The summed E-state index contributed by atoms with van der Waals surface area (Å²) in [5.74, 6) is 0.454. The number of nitrogens with one attached hydrogen (secondary N) is 2. The summed E-state index contributed by atoms with van der Waals surface area (Å²) < 4.78 is 0. The Morgan fingerprint density at radius 3 is 2.94 bits per heavy atom. The number of fused-ring (bicyclic) bond motifs is 1. The predicted octanol–water partition coefficient (Wildman–Crippen LogP) is 3.15. The van der Waals surface area contributed by atoms with Crippen molar-refractivity contribution in [2.24, 2.45) is 5.92 Å². The van der Waals surface area contributed by atoms with Crippen molar-refractivity contribution in [2.75, 3.05) is 5.32 Å². The third-order valence-electron chi connectivity index (χ3n) is 2.43. The van der Waals surface area contributed by atoms with Gasteiger partial charge in [-0.2, -0.15) is 0 Å². The Balaban J connectivity index is 2.11. The molecular formula is C13H16N2O. The molecule has 0 aliphatic carbocycles. The van der Waals surface area contributed by atoms with Crippen molar-refractivity contribution in [3.8, 4) is 0 Å². The molecule has 2 aromatic rings. The minimum absolute atomic E-state index is 0.0703. The van der Waals surface area contributed by atoms with Crippen LogP contribution in [0.25, 0.3) is 10.9 Å². The number of amides is 1. The molecule has 3 nitrogen and oxygen atoms in total. The van der Waals surface area contributed by atoms with E-state index < -0.39 is 0 Å². The fourth-order valence-electron chi connectivity index (χ4n) is 1.71. The summed E-state index contributed by atoms with van der Waals surface area (Å²) in [6.07, 6.45) is 2.45. The molecule has 3 heteroatoms. The lowest BCUT2D eigenvalue weighted by atomic mass is 10.1. The zero-order valence-electron chi connectivity index (χ0n) is 9.58. The van der Waals surface area contributed by atoms with Crippen LogP contribution in [0.3, 0.4) is 0 Å². The topological polar surface area (TPSA) is 44.9 Å². The van der Waals surface area contributed by atoms with Gasteiger partial charge in [-0.15, -0.1) is 0 Å². The zero-order valence-corrected chi connectivity index (χ0v) is 9.58. The van der Waals surface area contributed by atoms with Crippen LogP contribution in [0.15, 0.2) is 30.5 Å². The highest BCUT2D eigenvalue weighted by molar-refractivity contribution is 5.93. The van der Waals surface area contributed by atoms with Gasteiger partial charge in [0, 0.05) is 23.8 Å². The molecule has 1 aromatic carbocycles. The number of carbonyl (C=O) groups is 1. The molecule has 2 N–H and O–H groups in total. The molecule has 1 amide bonds. The van der Waals surface area contributed by atoms with Gasteiger partial charge in [0.1, 0.15) is 0 Å². The van der Waals surface area contributed by atoms with Crippen molar-refractivity contribution in [2.45, 2.75) is 20.3 Å². The lowest BCUT2D eigenvalue weighted by Gasteiger charge is -2.07. The Kier molecular flexibility index (Phi) is 2.95. The number of hydrogen-bond acceptors (Lipinski definition) is 1. The summed E-state index contributed by atoms with van der Waals surface area (Å²) >= 11 is 0. The molecule has 0 atom stereocenters. The molecule has 0 saturated heterocycles. The minimum Gasteiger partial charge on any atom is -0.361 e. The fourth-order valence-corrected chi connectivity index (χ4v) is 1.71. The average molecular weight is 216 g/mol. The van der Waals surface area contributed by atoms with E-state index in [2.05, 4.69) is 10.3 Å². The number of benzene rings is 1. The number of carbonyl (C=O) groups excluding carboxylic acids is 1. The highest BCUT2D eigenvalue weighted by atomic mass is 16.1. The fraction of sp³-hybridized carbons (Fsp3) is 0.308. The van der Waals surface area contributed by atoms with Gasteiger partial charge in [0.15, 0.2) is 0 Å². The summed E-state index contributed by atoms with van der Waals surface area (Å²) in [5, 5.41) is 4.05. The Bertz CT molecular complexity index is 499. The van der Waals surface area contributed by atoms with Crippen molar-refractivity contribution in [1.82, 2.24) is 4.98 Å². The summed E-state index contributed by atoms with van der Waals surface area (Å²) in [4.78, 5) is 14.7. The van der Waals surface area contributed by atoms with Crippen LogP contribution in [0.5, 0.6) is 0 Å². The van der Waals surface area contributed by atoms with E-state index in [-0.39, 0.29) is 5.91 Å². The molecule has 0 fully saturated rings. The summed E-state index contributed by atoms with van der Waals surface area (Å²) in [5.41, 5.74) is 1.89. The lowest BCUT2D eigenvalue weighted by molar-refractivity contribution is -0.116. The van der Waals surface area contributed by atoms with Crippen LogP contribution in [-0.4, -0.2) is 10.9 Å². The second-order valence-electron chi connectivity index (χ2n) is 4.43. The van der Waals surface area contributed by atoms with Gasteiger partial charge in [0.2, 0.25) is 5.91 Å². The molecule has 0 bridgehead atoms. The summed E-state index contributed by atoms with van der Waals surface area (Å²) in [7, 11) is 0. The van der Waals surface area contributed by atoms with Crippen molar-refractivity contribution in [3.63, 3.8) is 0 Å². The zero-order chi connectivity index (χ0) is 11.5. The third kappa shape index (κ3) is 2.42. The van der Waals surface area contributed by atoms with Gasteiger partial charge in [-0.1, -0.05) is 19.9 Å². The van der Waals surface area contributed by atoms with Gasteiger partial charge < -0.3 is 10.3 Å². The van der Waals surface area contributed by atoms with Crippen LogP contribution < -0.4 is 5.32 Å². The Morgan fingerprint density at radius 1 is 1.38 bits per heavy atom. The van der Waals surface area contributed by atoms with Crippen molar-refractivity contribution in [1.29, 1.82) is 0 Å². The molecule has 0 saturated carbocycles. The minimum atomic E-state index is 0.0703. The van der Waals surface area contributed by atoms with Crippen LogP contribution in [0, 0.1) is 5.92 Å². The Hall–Kier alpha value is -1.77. The number of hydrogen-bond donors (Lipinski definition) is 2. The second kappa shape index (κ2) is 4.39. The predicted molar refractivity (Wildman–Crippen MR) is 66.4 cm³/mol. The van der Waals surface area contributed by atoms with Gasteiger partial charge >= 0.3 is 0 Å². The molecule has 0 aliphatic rings. The molecule has 0 radical (unpaired) electrons. The second-order valence-corrected chi connectivity index (χ2v) is 4.43. The maximum absolute atomic E-state index is 11.6. The third-order valence-corrected chi connectivity index (χ3v) is 2.43. The van der Waals surface area contributed by atoms with Crippen molar-refractivity contribution < 1.29 is 4.79 Å². The van der Waals surface area contributed by atoms with E-state index in [9.17, 15) is 4.79 Å². The van der Waals surface area contributed by atoms with E-state index >= 15 is 0 Å². The van der Waals surface area contributed by atoms with Gasteiger partial charge in [-0.3, -0.25) is 4.79 Å². The molecule has 2 rings (SSSR count).